The van der Waals surface area contributed by atoms with Crippen LogP contribution in [-0.4, -0.2) is 44.0 Å². The van der Waals surface area contributed by atoms with E-state index in [4.69, 9.17) is 9.47 Å². The first-order valence-electron chi connectivity index (χ1n) is 13.6. The van der Waals surface area contributed by atoms with Crippen molar-refractivity contribution in [3.8, 4) is 22.6 Å². The number of carbonyl (C=O) groups is 3. The van der Waals surface area contributed by atoms with Crippen molar-refractivity contribution >= 4 is 29.2 Å². The highest BCUT2D eigenvalue weighted by Gasteiger charge is 2.23. The Balaban J connectivity index is 1.68. The molecule has 0 spiro atoms. The third-order valence-electron chi connectivity index (χ3n) is 5.78. The second-order valence-corrected chi connectivity index (χ2v) is 11.8. The molecule has 3 aromatic carbocycles. The minimum atomic E-state index is -0.778. The zero-order valence-corrected chi connectivity index (χ0v) is 24.9. The number of nitrogens with one attached hydrogen (secondary N) is 2. The van der Waals surface area contributed by atoms with Crippen LogP contribution in [0, 0.1) is 5.82 Å². The average Bonchev–Trinajstić information content (AvgIpc) is 3.44. The smallest absolute Gasteiger partial charge is 0.412 e. The maximum atomic E-state index is 13.7. The predicted octanol–water partition coefficient (Wildman–Crippen LogP) is 6.81. The number of Topliss-reactive ketones (excluding diaryl/α,β-unsaturated/α-hetero) is 1. The van der Waals surface area contributed by atoms with Crippen molar-refractivity contribution < 1.29 is 28.2 Å². The molecule has 0 saturated carbocycles. The number of aromatic nitrogens is 3. The lowest BCUT2D eigenvalue weighted by atomic mass is 10.0. The molecule has 0 unspecified atom stereocenters. The van der Waals surface area contributed by atoms with Gasteiger partial charge in [-0.3, -0.25) is 14.9 Å². The molecule has 2 N–H and O–H groups in total. The highest BCUT2D eigenvalue weighted by Crippen LogP contribution is 2.40. The molecule has 0 aliphatic carbocycles. The van der Waals surface area contributed by atoms with Gasteiger partial charge in [0.25, 0.3) is 0 Å². The van der Waals surface area contributed by atoms with E-state index in [0.717, 1.165) is 0 Å². The highest BCUT2D eigenvalue weighted by molar-refractivity contribution is 6.12. The van der Waals surface area contributed by atoms with Crippen molar-refractivity contribution in [2.75, 3.05) is 10.6 Å². The molecule has 0 aliphatic heterocycles. The Morgan fingerprint density at radius 1 is 0.884 bits per heavy atom. The first kappa shape index (κ1) is 30.9. The maximum Gasteiger partial charge on any atom is 0.412 e. The molecule has 224 valence electrons. The van der Waals surface area contributed by atoms with E-state index in [2.05, 4.69) is 20.9 Å². The quantitative estimate of drug-likeness (QED) is 0.171. The van der Waals surface area contributed by atoms with Gasteiger partial charge in [0.1, 0.15) is 22.8 Å². The summed E-state index contributed by atoms with van der Waals surface area (Å²) in [5.41, 5.74) is 1.05. The summed E-state index contributed by atoms with van der Waals surface area (Å²) >= 11 is 0. The number of benzene rings is 3. The summed E-state index contributed by atoms with van der Waals surface area (Å²) in [6, 6.07) is 15.6. The first-order valence-corrected chi connectivity index (χ1v) is 13.6. The van der Waals surface area contributed by atoms with Crippen LogP contribution in [0.3, 0.4) is 0 Å². The van der Waals surface area contributed by atoms with E-state index >= 15 is 0 Å². The monoisotopic (exact) mass is 587 g/mol. The van der Waals surface area contributed by atoms with Gasteiger partial charge < -0.3 is 14.8 Å². The third kappa shape index (κ3) is 8.71. The van der Waals surface area contributed by atoms with Crippen molar-refractivity contribution in [2.45, 2.75) is 59.2 Å². The topological polar surface area (TPSA) is 124 Å². The minimum Gasteiger partial charge on any atom is -0.487 e. The minimum absolute atomic E-state index is 0.188. The largest absolute Gasteiger partial charge is 0.487 e. The van der Waals surface area contributed by atoms with E-state index < -0.39 is 41.2 Å². The van der Waals surface area contributed by atoms with Gasteiger partial charge in [-0.15, -0.1) is 5.10 Å². The molecule has 4 aromatic rings. The van der Waals surface area contributed by atoms with E-state index in [9.17, 15) is 18.8 Å². The zero-order valence-electron chi connectivity index (χ0n) is 24.9. The molecule has 0 fully saturated rings. The summed E-state index contributed by atoms with van der Waals surface area (Å²) in [5.74, 6) is -1.07. The van der Waals surface area contributed by atoms with Gasteiger partial charge in [-0.25, -0.2) is 13.9 Å². The van der Waals surface area contributed by atoms with Crippen molar-refractivity contribution in [1.82, 2.24) is 15.0 Å². The molecule has 0 saturated heterocycles. The van der Waals surface area contributed by atoms with E-state index in [1.54, 1.807) is 75.5 Å². The summed E-state index contributed by atoms with van der Waals surface area (Å²) in [7, 11) is 0. The fourth-order valence-electron chi connectivity index (χ4n) is 4.08. The molecular weight excluding hydrogens is 553 g/mol. The Kier molecular flexibility index (Phi) is 8.93. The Morgan fingerprint density at radius 2 is 1.58 bits per heavy atom. The van der Waals surface area contributed by atoms with Crippen molar-refractivity contribution in [3.05, 3.63) is 84.4 Å². The number of halogens is 1. The molecule has 1 heterocycles. The number of rotatable bonds is 8. The van der Waals surface area contributed by atoms with Crippen LogP contribution >= 0.6 is 0 Å². The number of amides is 2. The molecule has 0 radical (unpaired) electrons. The molecule has 4 rings (SSSR count). The summed E-state index contributed by atoms with van der Waals surface area (Å²) < 4.78 is 26.9. The molecular formula is C32H34FN5O5. The molecule has 2 amide bonds. The normalized spacial score (nSPS) is 11.5. The Hall–Kier alpha value is -5.06. The van der Waals surface area contributed by atoms with Crippen LogP contribution in [-0.2, 0) is 9.53 Å². The number of ether oxygens (including phenoxy) is 2. The summed E-state index contributed by atoms with van der Waals surface area (Å²) in [6.45, 7) is 10.8. The predicted molar refractivity (Wildman–Crippen MR) is 161 cm³/mol. The SMILES string of the molecule is CC(C)(C)OC(=O)Nc1cc(OC(C)(C)C)c(-c2ccc(F)cc2)cc1NC(=O)CC(=O)c1cccc(-n2ccnn2)c1. The standard InChI is InChI=1S/C32H34FN5O5/c1-31(2,3)42-28-18-26(36-30(41)43-32(4,5)6)25(17-24(28)20-10-12-22(33)13-11-20)35-29(40)19-27(39)21-8-7-9-23(16-21)38-15-14-34-37-38/h7-18H,19H2,1-6H3,(H,35,40)(H,36,41). The number of nitrogens with zero attached hydrogens (tertiary/aromatic N) is 3. The Morgan fingerprint density at radius 3 is 2.21 bits per heavy atom. The van der Waals surface area contributed by atoms with Gasteiger partial charge >= 0.3 is 6.09 Å². The van der Waals surface area contributed by atoms with Crippen LogP contribution < -0.4 is 15.4 Å². The highest BCUT2D eigenvalue weighted by atomic mass is 19.1. The van der Waals surface area contributed by atoms with E-state index in [0.29, 0.717) is 28.1 Å². The van der Waals surface area contributed by atoms with Crippen molar-refractivity contribution in [2.24, 2.45) is 0 Å². The van der Waals surface area contributed by atoms with Crippen LogP contribution in [0.2, 0.25) is 0 Å². The fraction of sp³-hybridized carbons (Fsp3) is 0.281. The molecule has 1 aromatic heterocycles. The first-order chi connectivity index (χ1) is 20.2. The third-order valence-corrected chi connectivity index (χ3v) is 5.78. The van der Waals surface area contributed by atoms with E-state index in [1.807, 2.05) is 20.8 Å². The number of hydrogen-bond donors (Lipinski definition) is 2. The zero-order chi connectivity index (χ0) is 31.4. The Bertz CT molecular complexity index is 1620. The van der Waals surface area contributed by atoms with Gasteiger partial charge in [-0.05, 0) is 77.4 Å². The van der Waals surface area contributed by atoms with E-state index in [-0.39, 0.29) is 11.4 Å². The lowest BCUT2D eigenvalue weighted by Crippen LogP contribution is -2.28. The maximum absolute atomic E-state index is 13.7. The van der Waals surface area contributed by atoms with Gasteiger partial charge in [0.15, 0.2) is 5.78 Å². The Labute approximate surface area is 249 Å². The molecule has 11 heteroatoms. The van der Waals surface area contributed by atoms with Gasteiger partial charge in [0.2, 0.25) is 5.91 Å². The summed E-state index contributed by atoms with van der Waals surface area (Å²) in [4.78, 5) is 39.0. The van der Waals surface area contributed by atoms with Crippen LogP contribution in [0.1, 0.15) is 58.3 Å². The molecule has 10 nitrogen and oxygen atoms in total. The molecule has 0 aliphatic rings. The van der Waals surface area contributed by atoms with Crippen molar-refractivity contribution in [3.63, 3.8) is 0 Å². The van der Waals surface area contributed by atoms with Gasteiger partial charge in [0, 0.05) is 17.2 Å². The van der Waals surface area contributed by atoms with Crippen LogP contribution in [0.4, 0.5) is 20.6 Å². The number of ketones is 1. The molecule has 0 bridgehead atoms. The van der Waals surface area contributed by atoms with Gasteiger partial charge in [-0.1, -0.05) is 29.5 Å². The van der Waals surface area contributed by atoms with Crippen LogP contribution in [0.25, 0.3) is 16.8 Å². The number of anilines is 2. The van der Waals surface area contributed by atoms with Crippen LogP contribution in [0.5, 0.6) is 5.75 Å². The van der Waals surface area contributed by atoms with Gasteiger partial charge in [0.05, 0.1) is 35.9 Å². The summed E-state index contributed by atoms with van der Waals surface area (Å²) in [6.07, 6.45) is 1.93. The van der Waals surface area contributed by atoms with Crippen LogP contribution in [0.15, 0.2) is 73.1 Å². The number of hydrogen-bond acceptors (Lipinski definition) is 7. The fourth-order valence-corrected chi connectivity index (χ4v) is 4.08. The lowest BCUT2D eigenvalue weighted by Gasteiger charge is -2.26. The van der Waals surface area contributed by atoms with Gasteiger partial charge in [-0.2, -0.15) is 0 Å². The summed E-state index contributed by atoms with van der Waals surface area (Å²) in [5, 5.41) is 13.1. The van der Waals surface area contributed by atoms with Crippen molar-refractivity contribution in [1.29, 1.82) is 0 Å². The lowest BCUT2D eigenvalue weighted by molar-refractivity contribution is -0.115. The molecule has 0 atom stereocenters. The average molecular weight is 588 g/mol. The van der Waals surface area contributed by atoms with E-state index in [1.165, 1.54) is 23.0 Å². The second kappa shape index (κ2) is 12.4. The molecule has 43 heavy (non-hydrogen) atoms. The number of carbonyl (C=O) groups excluding carboxylic acids is 3. The second-order valence-electron chi connectivity index (χ2n) is 11.8.